The van der Waals surface area contributed by atoms with E-state index in [9.17, 15) is 0 Å². The van der Waals surface area contributed by atoms with Gasteiger partial charge in [0.15, 0.2) is 11.2 Å². The first-order valence-electron chi connectivity index (χ1n) is 17.9. The van der Waals surface area contributed by atoms with Crippen LogP contribution in [0.1, 0.15) is 28.4 Å². The molecule has 0 spiro atoms. The quantitative estimate of drug-likeness (QED) is 0.188. The Balaban J connectivity index is 0.995. The van der Waals surface area contributed by atoms with E-state index >= 15 is 0 Å². The molecule has 0 radical (unpaired) electrons. The number of benzene rings is 6. The van der Waals surface area contributed by atoms with E-state index in [0.717, 1.165) is 45.3 Å². The monoisotopic (exact) mass is 663 g/mol. The molecule has 2 aromatic heterocycles. The summed E-state index contributed by atoms with van der Waals surface area (Å²) in [5, 5.41) is 5.83. The standard InChI is InChI=1S/C48H29N3O/c1-2-10-31(11-3-1)51-42-17-9-6-13-33(42)38-26-30(22-25-43(38)51)28-18-20-29(21-19-28)37-27-39-35-24-23-34-32-12-4-7-15-40(32)49-45(34)47(35)52-48(39)46-44(37)36-14-5-8-16-41(36)50-46/h1-23,25-27,37H,24H2. The summed E-state index contributed by atoms with van der Waals surface area (Å²) in [5.41, 5.74) is 15.7. The second kappa shape index (κ2) is 10.4. The highest BCUT2D eigenvalue weighted by molar-refractivity contribution is 6.36. The Morgan fingerprint density at radius 2 is 1.42 bits per heavy atom. The highest BCUT2D eigenvalue weighted by atomic mass is 16.3. The summed E-state index contributed by atoms with van der Waals surface area (Å²) in [7, 11) is 0. The van der Waals surface area contributed by atoms with Gasteiger partial charge in [0.2, 0.25) is 0 Å². The molecule has 0 amide bonds. The maximum absolute atomic E-state index is 6.82. The SMILES string of the molecule is C1=C2C(=Nc3ccccc32)c2oc3c(c2C1)=CC(c1ccc(-c2ccc4c(c2)c2ccccc2n4-c2ccccc2)cc1)C1=c2ccccc2=NC=31. The van der Waals surface area contributed by atoms with Crippen molar-refractivity contribution in [1.82, 2.24) is 4.57 Å². The fourth-order valence-corrected chi connectivity index (χ4v) is 8.91. The molecule has 0 bridgehead atoms. The first-order chi connectivity index (χ1) is 25.8. The summed E-state index contributed by atoms with van der Waals surface area (Å²) < 4.78 is 9.18. The van der Waals surface area contributed by atoms with Crippen LogP contribution in [0.2, 0.25) is 0 Å². The molecule has 4 heterocycles. The zero-order valence-corrected chi connectivity index (χ0v) is 28.0. The number of para-hydroxylation sites is 4. The third-order valence-corrected chi connectivity index (χ3v) is 11.3. The average molecular weight is 664 g/mol. The van der Waals surface area contributed by atoms with E-state index in [0.29, 0.717) is 0 Å². The Labute approximate surface area is 298 Å². The Morgan fingerprint density at radius 3 is 2.35 bits per heavy atom. The second-order valence-electron chi connectivity index (χ2n) is 14.0. The van der Waals surface area contributed by atoms with Crippen LogP contribution in [0.25, 0.3) is 61.5 Å². The minimum Gasteiger partial charge on any atom is -0.452 e. The highest BCUT2D eigenvalue weighted by Crippen LogP contribution is 2.42. The van der Waals surface area contributed by atoms with Crippen molar-refractivity contribution in [3.8, 4) is 16.8 Å². The number of rotatable bonds is 3. The number of fused-ring (bicyclic) bond motifs is 12. The average Bonchev–Trinajstić information content (AvgIpc) is 3.97. The molecule has 0 N–H and O–H groups in total. The number of aliphatic imine (C=N–C) groups is 1. The van der Waals surface area contributed by atoms with Crippen molar-refractivity contribution in [1.29, 1.82) is 0 Å². The van der Waals surface area contributed by atoms with E-state index in [-0.39, 0.29) is 5.92 Å². The van der Waals surface area contributed by atoms with Gasteiger partial charge in [0, 0.05) is 55.1 Å². The molecule has 0 fully saturated rings. The molecule has 4 aliphatic rings. The molecule has 52 heavy (non-hydrogen) atoms. The Hall–Kier alpha value is -6.78. The molecule has 4 heteroatoms. The molecule has 4 nitrogen and oxygen atoms in total. The van der Waals surface area contributed by atoms with Crippen LogP contribution in [0, 0.1) is 0 Å². The lowest BCUT2D eigenvalue weighted by molar-refractivity contribution is 0.517. The van der Waals surface area contributed by atoms with Crippen molar-refractivity contribution >= 4 is 56.1 Å². The van der Waals surface area contributed by atoms with E-state index in [1.807, 2.05) is 6.07 Å². The first kappa shape index (κ1) is 28.0. The number of hydrogen-bond donors (Lipinski definition) is 0. The Kier molecular flexibility index (Phi) is 5.58. The maximum atomic E-state index is 6.82. The van der Waals surface area contributed by atoms with Gasteiger partial charge in [-0.15, -0.1) is 0 Å². The van der Waals surface area contributed by atoms with Crippen molar-refractivity contribution in [2.45, 2.75) is 12.3 Å². The second-order valence-corrected chi connectivity index (χ2v) is 14.0. The largest absolute Gasteiger partial charge is 0.452 e. The van der Waals surface area contributed by atoms with Crippen molar-refractivity contribution in [3.63, 3.8) is 0 Å². The van der Waals surface area contributed by atoms with Gasteiger partial charge in [0.05, 0.1) is 22.1 Å². The van der Waals surface area contributed by atoms with Gasteiger partial charge in [-0.2, -0.15) is 0 Å². The van der Waals surface area contributed by atoms with Gasteiger partial charge in [-0.1, -0.05) is 115 Å². The number of hydrogen-bond acceptors (Lipinski definition) is 3. The topological polar surface area (TPSA) is 42.8 Å². The zero-order valence-electron chi connectivity index (χ0n) is 28.0. The van der Waals surface area contributed by atoms with Crippen LogP contribution in [0.5, 0.6) is 0 Å². The minimum absolute atomic E-state index is 0.0325. The van der Waals surface area contributed by atoms with Crippen LogP contribution in [0.4, 0.5) is 5.69 Å². The number of nitrogens with zero attached hydrogens (tertiary/aromatic N) is 3. The van der Waals surface area contributed by atoms with Crippen LogP contribution in [-0.2, 0) is 6.42 Å². The van der Waals surface area contributed by atoms with Gasteiger partial charge in [-0.3, -0.25) is 0 Å². The summed E-state index contributed by atoms with van der Waals surface area (Å²) in [6.07, 6.45) is 5.53. The third kappa shape index (κ3) is 3.81. The smallest absolute Gasteiger partial charge is 0.160 e. The summed E-state index contributed by atoms with van der Waals surface area (Å²) in [5.74, 6) is 0.915. The fourth-order valence-electron chi connectivity index (χ4n) is 8.91. The molecular weight excluding hydrogens is 635 g/mol. The van der Waals surface area contributed by atoms with Crippen LogP contribution in [-0.4, -0.2) is 10.3 Å². The van der Waals surface area contributed by atoms with Crippen LogP contribution in [0.3, 0.4) is 0 Å². The predicted octanol–water partition coefficient (Wildman–Crippen LogP) is 8.29. The van der Waals surface area contributed by atoms with Crippen LogP contribution < -0.4 is 21.2 Å². The summed E-state index contributed by atoms with van der Waals surface area (Å²) >= 11 is 0. The zero-order chi connectivity index (χ0) is 33.9. The van der Waals surface area contributed by atoms with E-state index in [1.165, 1.54) is 71.7 Å². The predicted molar refractivity (Wildman–Crippen MR) is 210 cm³/mol. The van der Waals surface area contributed by atoms with E-state index in [2.05, 4.69) is 156 Å². The summed E-state index contributed by atoms with van der Waals surface area (Å²) in [4.78, 5) is 10.3. The molecule has 6 aromatic carbocycles. The molecule has 2 aliphatic heterocycles. The number of allylic oxidation sites excluding steroid dienone is 2. The fraction of sp³-hybridized carbons (Fsp3) is 0.0417. The molecule has 0 saturated carbocycles. The lowest BCUT2D eigenvalue weighted by Crippen LogP contribution is -2.32. The molecular formula is C48H29N3O. The van der Waals surface area contributed by atoms with Crippen molar-refractivity contribution < 1.29 is 4.42 Å². The molecule has 2 aliphatic carbocycles. The molecule has 8 aromatic rings. The molecule has 1 unspecified atom stereocenters. The molecule has 242 valence electrons. The van der Waals surface area contributed by atoms with E-state index in [4.69, 9.17) is 14.4 Å². The Morgan fingerprint density at radius 1 is 0.654 bits per heavy atom. The lowest BCUT2D eigenvalue weighted by Gasteiger charge is -2.19. The van der Waals surface area contributed by atoms with Crippen LogP contribution >= 0.6 is 0 Å². The number of aromatic nitrogens is 1. The Bertz CT molecular complexity index is 3190. The summed E-state index contributed by atoms with van der Waals surface area (Å²) in [6.45, 7) is 0. The number of furan rings is 1. The highest BCUT2D eigenvalue weighted by Gasteiger charge is 2.34. The van der Waals surface area contributed by atoms with Gasteiger partial charge in [-0.25, -0.2) is 9.98 Å². The van der Waals surface area contributed by atoms with Gasteiger partial charge in [0.1, 0.15) is 11.4 Å². The van der Waals surface area contributed by atoms with Gasteiger partial charge in [-0.05, 0) is 65.6 Å². The van der Waals surface area contributed by atoms with Gasteiger partial charge >= 0.3 is 0 Å². The van der Waals surface area contributed by atoms with Crippen LogP contribution in [0.15, 0.2) is 166 Å². The van der Waals surface area contributed by atoms with E-state index < -0.39 is 0 Å². The third-order valence-electron chi connectivity index (χ3n) is 11.3. The lowest BCUT2D eigenvalue weighted by atomic mass is 9.83. The molecule has 0 saturated heterocycles. The first-order valence-corrected chi connectivity index (χ1v) is 17.9. The minimum atomic E-state index is 0.0325. The van der Waals surface area contributed by atoms with Gasteiger partial charge < -0.3 is 8.98 Å². The van der Waals surface area contributed by atoms with Crippen molar-refractivity contribution in [2.24, 2.45) is 9.98 Å². The van der Waals surface area contributed by atoms with Crippen molar-refractivity contribution in [2.75, 3.05) is 0 Å². The van der Waals surface area contributed by atoms with Crippen molar-refractivity contribution in [3.05, 3.63) is 195 Å². The maximum Gasteiger partial charge on any atom is 0.160 e. The van der Waals surface area contributed by atoms with Gasteiger partial charge in [0.25, 0.3) is 0 Å². The van der Waals surface area contributed by atoms with E-state index in [1.54, 1.807) is 0 Å². The molecule has 12 rings (SSSR count). The molecule has 1 atom stereocenters. The summed E-state index contributed by atoms with van der Waals surface area (Å²) in [6, 6.07) is 52.2. The normalized spacial score (nSPS) is 16.3.